The molecule has 0 radical (unpaired) electrons. The van der Waals surface area contributed by atoms with E-state index in [-0.39, 0.29) is 5.91 Å². The molecule has 0 saturated carbocycles. The van der Waals surface area contributed by atoms with Gasteiger partial charge in [0.2, 0.25) is 0 Å². The van der Waals surface area contributed by atoms with E-state index in [0.717, 1.165) is 0 Å². The summed E-state index contributed by atoms with van der Waals surface area (Å²) < 4.78 is 0. The van der Waals surface area contributed by atoms with Crippen LogP contribution in [0, 0.1) is 0 Å². The van der Waals surface area contributed by atoms with E-state index >= 15 is 0 Å². The van der Waals surface area contributed by atoms with Gasteiger partial charge < -0.3 is 4.90 Å². The van der Waals surface area contributed by atoms with E-state index in [9.17, 15) is 4.79 Å². The molecule has 2 nitrogen and oxygen atoms in total. The van der Waals surface area contributed by atoms with Crippen molar-refractivity contribution < 1.29 is 4.79 Å². The third-order valence-corrected chi connectivity index (χ3v) is 1.12. The Morgan fingerprint density at radius 2 is 2.00 bits per heavy atom. The minimum absolute atomic E-state index is 0.176. The topological polar surface area (TPSA) is 20.3 Å². The Morgan fingerprint density at radius 1 is 1.50 bits per heavy atom. The van der Waals surface area contributed by atoms with Crippen LogP contribution in [0.3, 0.4) is 0 Å². The largest absolute Gasteiger partial charge is 0.319 e. The smallest absolute Gasteiger partial charge is 0.256 e. The molecule has 0 aliphatic heterocycles. The molecule has 0 saturated heterocycles. The summed E-state index contributed by atoms with van der Waals surface area (Å²) in [6, 6.07) is 0. The first kappa shape index (κ1) is 8.69. The molecule has 2 heteroatoms. The number of rotatable bonds is 3. The molecule has 0 aromatic heterocycles. The van der Waals surface area contributed by atoms with E-state index in [1.165, 1.54) is 17.2 Å². The highest BCUT2D eigenvalue weighted by molar-refractivity contribution is 5.95. The molecule has 0 heterocycles. The fourth-order valence-electron chi connectivity index (χ4n) is 0.397. The lowest BCUT2D eigenvalue weighted by atomic mass is 10.3. The van der Waals surface area contributed by atoms with Crippen molar-refractivity contribution in [2.45, 2.75) is 0 Å². The minimum Gasteiger partial charge on any atom is -0.319 e. The summed E-state index contributed by atoms with van der Waals surface area (Å²) in [6.07, 6.45) is 2.85. The van der Waals surface area contributed by atoms with Gasteiger partial charge in [-0.2, -0.15) is 0 Å². The molecule has 0 atom stereocenters. The van der Waals surface area contributed by atoms with Crippen LogP contribution >= 0.6 is 0 Å². The molecule has 0 aromatic rings. The van der Waals surface area contributed by atoms with Gasteiger partial charge in [-0.25, -0.2) is 0 Å². The quantitative estimate of drug-likeness (QED) is 0.424. The maximum atomic E-state index is 11.0. The molecule has 0 rings (SSSR count). The Labute approximate surface area is 61.1 Å². The van der Waals surface area contributed by atoms with Crippen molar-refractivity contribution in [2.24, 2.45) is 0 Å². The maximum absolute atomic E-state index is 11.0. The second kappa shape index (κ2) is 3.67. The zero-order valence-corrected chi connectivity index (χ0v) is 6.13. The third kappa shape index (κ3) is 1.90. The van der Waals surface area contributed by atoms with E-state index < -0.39 is 0 Å². The van der Waals surface area contributed by atoms with Gasteiger partial charge >= 0.3 is 0 Å². The first-order chi connectivity index (χ1) is 4.63. The van der Waals surface area contributed by atoms with Crippen molar-refractivity contribution in [3.8, 4) is 0 Å². The summed E-state index contributed by atoms with van der Waals surface area (Å²) >= 11 is 0. The van der Waals surface area contributed by atoms with Crippen LogP contribution in [0.25, 0.3) is 0 Å². The van der Waals surface area contributed by atoms with Crippen LogP contribution in [0.4, 0.5) is 0 Å². The summed E-state index contributed by atoms with van der Waals surface area (Å²) in [5.74, 6) is -0.176. The van der Waals surface area contributed by atoms with Crippen LogP contribution in [-0.2, 0) is 4.79 Å². The number of hydrogen-bond acceptors (Lipinski definition) is 1. The van der Waals surface area contributed by atoms with Crippen LogP contribution in [0.1, 0.15) is 0 Å². The lowest BCUT2D eigenvalue weighted by Crippen LogP contribution is -2.20. The number of carbonyl (C=O) groups is 1. The number of nitrogens with zero attached hydrogens (tertiary/aromatic N) is 1. The number of likely N-dealkylation sites (N-methyl/N-ethyl adjacent to an activating group) is 1. The molecule has 0 bridgehead atoms. The van der Waals surface area contributed by atoms with E-state index in [4.69, 9.17) is 0 Å². The average Bonchev–Trinajstić information content (AvgIpc) is 2.00. The normalized spacial score (nSPS) is 8.10. The first-order valence-electron chi connectivity index (χ1n) is 2.84. The van der Waals surface area contributed by atoms with Gasteiger partial charge in [-0.3, -0.25) is 4.79 Å². The van der Waals surface area contributed by atoms with E-state index in [0.29, 0.717) is 5.57 Å². The second-order valence-corrected chi connectivity index (χ2v) is 1.83. The SMILES string of the molecule is C=CC(=C)C(=O)N(C)C=C. The summed E-state index contributed by atoms with van der Waals surface area (Å²) in [7, 11) is 1.62. The van der Waals surface area contributed by atoms with Crippen molar-refractivity contribution in [3.05, 3.63) is 37.6 Å². The molecule has 0 aromatic carbocycles. The van der Waals surface area contributed by atoms with Gasteiger partial charge in [-0.1, -0.05) is 25.8 Å². The van der Waals surface area contributed by atoms with Crippen molar-refractivity contribution in [1.82, 2.24) is 4.90 Å². The van der Waals surface area contributed by atoms with Gasteiger partial charge in [0.25, 0.3) is 5.91 Å². The number of amides is 1. The van der Waals surface area contributed by atoms with Crippen LogP contribution < -0.4 is 0 Å². The van der Waals surface area contributed by atoms with Crippen molar-refractivity contribution in [1.29, 1.82) is 0 Å². The highest BCUT2D eigenvalue weighted by atomic mass is 16.2. The number of carbonyl (C=O) groups excluding carboxylic acids is 1. The molecule has 0 spiro atoms. The Morgan fingerprint density at radius 3 is 2.30 bits per heavy atom. The molecule has 1 amide bonds. The molecule has 0 fully saturated rings. The molecule has 0 aliphatic rings. The molecule has 0 N–H and O–H groups in total. The standard InChI is InChI=1S/C8H11NO/c1-5-7(3)8(10)9(4)6-2/h5-6H,1-3H2,4H3. The van der Waals surface area contributed by atoms with E-state index in [1.54, 1.807) is 7.05 Å². The monoisotopic (exact) mass is 137 g/mol. The summed E-state index contributed by atoms with van der Waals surface area (Å²) in [5.41, 5.74) is 0.377. The van der Waals surface area contributed by atoms with Crippen LogP contribution in [0.2, 0.25) is 0 Å². The molecule has 54 valence electrons. The van der Waals surface area contributed by atoms with Gasteiger partial charge in [0.05, 0.1) is 0 Å². The minimum atomic E-state index is -0.176. The Kier molecular flexibility index (Phi) is 3.19. The summed E-state index contributed by atoms with van der Waals surface area (Å²) in [6.45, 7) is 10.3. The highest BCUT2D eigenvalue weighted by Gasteiger charge is 2.05. The average molecular weight is 137 g/mol. The fourth-order valence-corrected chi connectivity index (χ4v) is 0.397. The predicted molar refractivity (Wildman–Crippen MR) is 42.3 cm³/mol. The van der Waals surface area contributed by atoms with Crippen LogP contribution in [0.5, 0.6) is 0 Å². The maximum Gasteiger partial charge on any atom is 0.256 e. The van der Waals surface area contributed by atoms with E-state index in [1.807, 2.05) is 0 Å². The summed E-state index contributed by atoms with van der Waals surface area (Å²) in [5, 5.41) is 0. The zero-order chi connectivity index (χ0) is 8.15. The second-order valence-electron chi connectivity index (χ2n) is 1.83. The molecule has 10 heavy (non-hydrogen) atoms. The lowest BCUT2D eigenvalue weighted by molar-refractivity contribution is -0.123. The lowest BCUT2D eigenvalue weighted by Gasteiger charge is -2.09. The number of hydrogen-bond donors (Lipinski definition) is 0. The molecule has 0 aliphatic carbocycles. The van der Waals surface area contributed by atoms with Gasteiger partial charge in [0.15, 0.2) is 0 Å². The molecule has 0 unspecified atom stereocenters. The Hall–Kier alpha value is -1.31. The zero-order valence-electron chi connectivity index (χ0n) is 6.13. The van der Waals surface area contributed by atoms with Gasteiger partial charge in [0.1, 0.15) is 0 Å². The van der Waals surface area contributed by atoms with Crippen LogP contribution in [0.15, 0.2) is 37.6 Å². The van der Waals surface area contributed by atoms with Gasteiger partial charge in [0, 0.05) is 12.6 Å². The highest BCUT2D eigenvalue weighted by Crippen LogP contribution is 1.97. The van der Waals surface area contributed by atoms with Crippen LogP contribution in [-0.4, -0.2) is 17.9 Å². The van der Waals surface area contributed by atoms with E-state index in [2.05, 4.69) is 19.7 Å². The van der Waals surface area contributed by atoms with Gasteiger partial charge in [-0.05, 0) is 6.20 Å². The van der Waals surface area contributed by atoms with Crippen molar-refractivity contribution in [3.63, 3.8) is 0 Å². The third-order valence-electron chi connectivity index (χ3n) is 1.12. The fraction of sp³-hybridized carbons (Fsp3) is 0.125. The molecular formula is C8H11NO. The Balaban J connectivity index is 4.21. The van der Waals surface area contributed by atoms with Crippen molar-refractivity contribution in [2.75, 3.05) is 7.05 Å². The predicted octanol–water partition coefficient (Wildman–Crippen LogP) is 1.33. The molecular weight excluding hydrogens is 126 g/mol. The first-order valence-corrected chi connectivity index (χ1v) is 2.84. The summed E-state index contributed by atoms with van der Waals surface area (Å²) in [4.78, 5) is 12.3. The van der Waals surface area contributed by atoms with Gasteiger partial charge in [-0.15, -0.1) is 0 Å². The van der Waals surface area contributed by atoms with Crippen molar-refractivity contribution >= 4 is 5.91 Å². The Bertz CT molecular complexity index is 182.